The molecule has 0 bridgehead atoms. The second-order valence-corrected chi connectivity index (χ2v) is 6.17. The lowest BCUT2D eigenvalue weighted by atomic mass is 10.2. The van der Waals surface area contributed by atoms with E-state index in [1.54, 1.807) is 11.3 Å². The Morgan fingerprint density at radius 2 is 1.13 bits per heavy atom. The van der Waals surface area contributed by atoms with Crippen LogP contribution in [-0.2, 0) is 0 Å². The maximum Gasteiger partial charge on any atom is 0.303 e. The highest BCUT2D eigenvalue weighted by Gasteiger charge is 2.24. The third-order valence-electron chi connectivity index (χ3n) is 3.62. The highest BCUT2D eigenvalue weighted by Crippen LogP contribution is 2.29. The molecule has 23 heavy (non-hydrogen) atoms. The van der Waals surface area contributed by atoms with Crippen molar-refractivity contribution in [1.29, 1.82) is 0 Å². The molecule has 0 atom stereocenters. The Morgan fingerprint density at radius 1 is 0.609 bits per heavy atom. The van der Waals surface area contributed by atoms with Gasteiger partial charge in [-0.15, -0.1) is 0 Å². The first-order chi connectivity index (χ1) is 11.4. The van der Waals surface area contributed by atoms with Gasteiger partial charge in [-0.25, -0.2) is 0 Å². The van der Waals surface area contributed by atoms with Crippen LogP contribution in [0, 0.1) is 0 Å². The maximum absolute atomic E-state index is 4.86. The summed E-state index contributed by atoms with van der Waals surface area (Å²) >= 11 is 1.71. The second-order valence-electron chi connectivity index (χ2n) is 5.19. The molecule has 4 aromatic rings. The molecule has 0 radical (unpaired) electrons. The fraction of sp³-hybridized carbons (Fsp3) is 0. The number of hydrogen-bond donors (Lipinski definition) is 0. The van der Waals surface area contributed by atoms with Crippen molar-refractivity contribution in [3.05, 3.63) is 91.0 Å². The van der Waals surface area contributed by atoms with E-state index in [2.05, 4.69) is 48.5 Å². The van der Waals surface area contributed by atoms with Crippen LogP contribution < -0.4 is 4.68 Å². The lowest BCUT2D eigenvalue weighted by molar-refractivity contribution is -0.642. The van der Waals surface area contributed by atoms with Crippen LogP contribution in [0.4, 0.5) is 0 Å². The Bertz CT molecular complexity index is 843. The van der Waals surface area contributed by atoms with Gasteiger partial charge in [-0.2, -0.15) is 0 Å². The van der Waals surface area contributed by atoms with E-state index in [1.165, 1.54) is 5.56 Å². The predicted molar refractivity (Wildman–Crippen MR) is 94.5 cm³/mol. The lowest BCUT2D eigenvalue weighted by Gasteiger charge is -1.94. The number of benzene rings is 3. The first-order valence-corrected chi connectivity index (χ1v) is 8.33. The summed E-state index contributed by atoms with van der Waals surface area (Å²) in [6, 6.07) is 31.0. The third kappa shape index (κ3) is 2.79. The van der Waals surface area contributed by atoms with Crippen LogP contribution in [0.5, 0.6) is 0 Å². The first-order valence-electron chi connectivity index (χ1n) is 7.51. The number of rotatable bonds is 3. The van der Waals surface area contributed by atoms with Crippen molar-refractivity contribution in [2.75, 3.05) is 0 Å². The molecule has 2 nitrogen and oxygen atoms in total. The summed E-state index contributed by atoms with van der Waals surface area (Å²) in [4.78, 5) is 0. The molecule has 0 N–H and O–H groups in total. The SMILES string of the molecule is c1ccc(-c2n[n+](-c3ccccc3)c(-c3ccccc3)s2)cc1. The first kappa shape index (κ1) is 13.9. The van der Waals surface area contributed by atoms with Gasteiger partial charge in [-0.3, -0.25) is 0 Å². The number of aromatic nitrogens is 2. The van der Waals surface area contributed by atoms with Crippen LogP contribution in [-0.4, -0.2) is 5.10 Å². The van der Waals surface area contributed by atoms with Crippen molar-refractivity contribution in [3.8, 4) is 26.8 Å². The fourth-order valence-electron chi connectivity index (χ4n) is 2.49. The molecule has 0 fully saturated rings. The quantitative estimate of drug-likeness (QED) is 0.498. The molecule has 0 saturated carbocycles. The number of nitrogens with zero attached hydrogens (tertiary/aromatic N) is 2. The molecule has 1 heterocycles. The summed E-state index contributed by atoms with van der Waals surface area (Å²) in [7, 11) is 0. The Morgan fingerprint density at radius 3 is 1.74 bits per heavy atom. The van der Waals surface area contributed by atoms with Gasteiger partial charge in [0.1, 0.15) is 0 Å². The highest BCUT2D eigenvalue weighted by molar-refractivity contribution is 7.17. The van der Waals surface area contributed by atoms with Crippen molar-refractivity contribution in [2.45, 2.75) is 0 Å². The van der Waals surface area contributed by atoms with Crippen LogP contribution >= 0.6 is 11.3 Å². The highest BCUT2D eigenvalue weighted by atomic mass is 32.1. The van der Waals surface area contributed by atoms with Gasteiger partial charge in [0.15, 0.2) is 5.01 Å². The molecule has 0 amide bonds. The van der Waals surface area contributed by atoms with E-state index in [0.29, 0.717) is 0 Å². The fourth-order valence-corrected chi connectivity index (χ4v) is 3.54. The average Bonchev–Trinajstić information content (AvgIpc) is 3.09. The minimum absolute atomic E-state index is 1.02. The minimum atomic E-state index is 1.02. The van der Waals surface area contributed by atoms with Crippen molar-refractivity contribution in [3.63, 3.8) is 0 Å². The Labute approximate surface area is 139 Å². The molecule has 0 saturated heterocycles. The average molecular weight is 315 g/mol. The van der Waals surface area contributed by atoms with Gasteiger partial charge >= 0.3 is 5.01 Å². The molecule has 0 aliphatic rings. The van der Waals surface area contributed by atoms with E-state index in [1.807, 2.05) is 47.1 Å². The molecule has 110 valence electrons. The van der Waals surface area contributed by atoms with Crippen molar-refractivity contribution < 1.29 is 4.68 Å². The Balaban J connectivity index is 1.91. The predicted octanol–water partition coefficient (Wildman–Crippen LogP) is 4.75. The van der Waals surface area contributed by atoms with E-state index >= 15 is 0 Å². The summed E-state index contributed by atoms with van der Waals surface area (Å²) in [5.41, 5.74) is 3.39. The molecular weight excluding hydrogens is 300 g/mol. The molecule has 0 spiro atoms. The van der Waals surface area contributed by atoms with Gasteiger partial charge < -0.3 is 0 Å². The molecule has 0 aliphatic carbocycles. The summed E-state index contributed by atoms with van der Waals surface area (Å²) in [5.74, 6) is 0. The molecule has 0 unspecified atom stereocenters. The van der Waals surface area contributed by atoms with E-state index in [0.717, 1.165) is 21.3 Å². The van der Waals surface area contributed by atoms with Gasteiger partial charge in [-0.1, -0.05) is 66.7 Å². The van der Waals surface area contributed by atoms with E-state index in [4.69, 9.17) is 5.10 Å². The molecular formula is C20H15N2S+. The second kappa shape index (κ2) is 6.15. The summed E-state index contributed by atoms with van der Waals surface area (Å²) in [6.45, 7) is 0. The third-order valence-corrected chi connectivity index (χ3v) is 4.73. The van der Waals surface area contributed by atoms with Crippen LogP contribution in [0.1, 0.15) is 0 Å². The normalized spacial score (nSPS) is 10.6. The monoisotopic (exact) mass is 315 g/mol. The largest absolute Gasteiger partial charge is 0.303 e. The topological polar surface area (TPSA) is 16.8 Å². The number of hydrogen-bond acceptors (Lipinski definition) is 2. The molecule has 1 aromatic heterocycles. The van der Waals surface area contributed by atoms with E-state index in [-0.39, 0.29) is 0 Å². The number of para-hydroxylation sites is 1. The van der Waals surface area contributed by atoms with Crippen LogP contribution in [0.15, 0.2) is 91.0 Å². The maximum atomic E-state index is 4.86. The van der Waals surface area contributed by atoms with Gasteiger partial charge in [0.2, 0.25) is 5.69 Å². The van der Waals surface area contributed by atoms with Gasteiger partial charge in [0.25, 0.3) is 0 Å². The smallest absolute Gasteiger partial charge is 0.0622 e. The molecule has 3 aromatic carbocycles. The Kier molecular flexibility index (Phi) is 3.70. The molecule has 0 aliphatic heterocycles. The van der Waals surface area contributed by atoms with Crippen molar-refractivity contribution in [2.24, 2.45) is 0 Å². The molecule has 4 rings (SSSR count). The van der Waals surface area contributed by atoms with Gasteiger partial charge in [0, 0.05) is 22.8 Å². The van der Waals surface area contributed by atoms with Crippen LogP contribution in [0.25, 0.3) is 26.8 Å². The zero-order valence-corrected chi connectivity index (χ0v) is 13.3. The van der Waals surface area contributed by atoms with E-state index in [9.17, 15) is 0 Å². The zero-order valence-electron chi connectivity index (χ0n) is 12.5. The zero-order chi connectivity index (χ0) is 15.5. The summed E-state index contributed by atoms with van der Waals surface area (Å²) in [6.07, 6.45) is 0. The molecule has 3 heteroatoms. The minimum Gasteiger partial charge on any atom is -0.0622 e. The standard InChI is InChI=1S/C20H15N2S/c1-4-10-16(11-5-1)19-21-22(18-14-8-3-9-15-18)20(23-19)17-12-6-2-7-13-17/h1-15H/q+1. The van der Waals surface area contributed by atoms with Gasteiger partial charge in [-0.05, 0) is 28.2 Å². The lowest BCUT2D eigenvalue weighted by Crippen LogP contribution is -2.34. The van der Waals surface area contributed by atoms with Crippen LogP contribution in [0.3, 0.4) is 0 Å². The van der Waals surface area contributed by atoms with Crippen molar-refractivity contribution in [1.82, 2.24) is 5.10 Å². The van der Waals surface area contributed by atoms with Crippen molar-refractivity contribution >= 4 is 11.3 Å². The Hall–Kier alpha value is -2.78. The van der Waals surface area contributed by atoms with E-state index < -0.39 is 0 Å². The van der Waals surface area contributed by atoms with Crippen LogP contribution in [0.2, 0.25) is 0 Å². The summed E-state index contributed by atoms with van der Waals surface area (Å²) < 4.78 is 2.03. The van der Waals surface area contributed by atoms with Gasteiger partial charge in [0.05, 0.1) is 5.56 Å². The summed E-state index contributed by atoms with van der Waals surface area (Å²) in [5, 5.41) is 7.02.